The average molecular weight is 813 g/mol. The number of pyridine rings is 1. The number of aryl methyl sites for hydroxylation is 1. The van der Waals surface area contributed by atoms with Crippen LogP contribution >= 0.6 is 0 Å². The Morgan fingerprint density at radius 3 is 1.94 bits per heavy atom. The number of aliphatic hydroxyl groups excluding tert-OH is 1. The van der Waals surface area contributed by atoms with Crippen LogP contribution in [0.1, 0.15) is 106 Å². The van der Waals surface area contributed by atoms with Crippen LogP contribution in [-0.2, 0) is 30.3 Å². The monoisotopic (exact) mass is 813 g/mol. The molecule has 1 heterocycles. The number of rotatable bonds is 12. The summed E-state index contributed by atoms with van der Waals surface area (Å²) in [5, 5.41) is 14.6. The summed E-state index contributed by atoms with van der Waals surface area (Å²) in [6.45, 7) is 24.5. The molecule has 0 aliphatic heterocycles. The van der Waals surface area contributed by atoms with Gasteiger partial charge in [0.2, 0.25) is 0 Å². The van der Waals surface area contributed by atoms with E-state index in [0.29, 0.717) is 17.8 Å². The minimum atomic E-state index is 0. The second kappa shape index (κ2) is 18.1. The number of aliphatic hydroxyl groups is 1. The SMILES string of the molecule is CCC(CC)C(=O)/C=C(\O)C(CC)CC.Cc1cc(-c2nccc3cc(C(C(C)C)(C(C)C)C(C)C)ccc23)[c-]c2ccccc12.[Ir]. The molecular weight excluding hydrogens is 755 g/mol. The molecule has 4 rings (SSSR count). The van der Waals surface area contributed by atoms with Gasteiger partial charge in [0.25, 0.3) is 0 Å². The van der Waals surface area contributed by atoms with Crippen LogP contribution in [-0.4, -0.2) is 15.9 Å². The maximum Gasteiger partial charge on any atom is 0.162 e. The van der Waals surface area contributed by atoms with Gasteiger partial charge in [-0.1, -0.05) is 124 Å². The number of benzene rings is 3. The number of hydrogen-bond donors (Lipinski definition) is 1. The fourth-order valence-electron chi connectivity index (χ4n) is 7.98. The summed E-state index contributed by atoms with van der Waals surface area (Å²) in [7, 11) is 0. The van der Waals surface area contributed by atoms with E-state index in [4.69, 9.17) is 4.98 Å². The van der Waals surface area contributed by atoms with Crippen molar-refractivity contribution in [1.82, 2.24) is 4.98 Å². The van der Waals surface area contributed by atoms with Crippen molar-refractivity contribution in [1.29, 1.82) is 0 Å². The molecule has 0 saturated heterocycles. The zero-order chi connectivity index (χ0) is 34.2. The fourth-order valence-corrected chi connectivity index (χ4v) is 7.98. The van der Waals surface area contributed by atoms with Gasteiger partial charge in [0, 0.05) is 55.3 Å². The van der Waals surface area contributed by atoms with E-state index in [9.17, 15) is 9.90 Å². The summed E-state index contributed by atoms with van der Waals surface area (Å²) >= 11 is 0. The zero-order valence-electron chi connectivity index (χ0n) is 30.7. The summed E-state index contributed by atoms with van der Waals surface area (Å²) in [4.78, 5) is 16.5. The van der Waals surface area contributed by atoms with Crippen LogP contribution in [0.25, 0.3) is 32.8 Å². The van der Waals surface area contributed by atoms with Gasteiger partial charge < -0.3 is 5.11 Å². The summed E-state index contributed by atoms with van der Waals surface area (Å²) in [6, 6.07) is 23.5. The molecule has 3 aromatic carbocycles. The number of ketones is 1. The Kier molecular flexibility index (Phi) is 15.5. The van der Waals surface area contributed by atoms with Crippen molar-refractivity contribution in [2.75, 3.05) is 0 Å². The summed E-state index contributed by atoms with van der Waals surface area (Å²) in [5.74, 6) is 2.22. The van der Waals surface area contributed by atoms with Crippen LogP contribution in [0, 0.1) is 42.6 Å². The Bertz CT molecular complexity index is 1600. The molecule has 0 spiro atoms. The Morgan fingerprint density at radius 2 is 1.38 bits per heavy atom. The molecule has 4 aromatic rings. The standard InChI is InChI=1S/C30H34N.C13H24O2.Ir/c1-19(2)30(20(3)4,21(5)6)26-12-13-28-24(18-26)14-15-31-29(28)25-16-22(7)27-11-9-8-10-23(27)17-25;1-5-10(6-2)12(14)9-13(15)11(7-3)8-4;/h8-16,18-21H,1-7H3;9-11,14H,5-8H2,1-4H3;/q-1;;/b;12-9-;. The quantitative estimate of drug-likeness (QED) is 0.0881. The molecule has 0 atom stereocenters. The van der Waals surface area contributed by atoms with Gasteiger partial charge in [-0.15, -0.1) is 29.1 Å². The Labute approximate surface area is 299 Å². The maximum absolute atomic E-state index is 11.7. The Morgan fingerprint density at radius 1 is 0.809 bits per heavy atom. The third kappa shape index (κ3) is 8.81. The molecule has 47 heavy (non-hydrogen) atoms. The molecule has 1 radical (unpaired) electrons. The molecule has 0 fully saturated rings. The molecule has 0 aliphatic rings. The molecule has 1 aromatic heterocycles. The Hall–Kier alpha value is -2.81. The van der Waals surface area contributed by atoms with Gasteiger partial charge in [0.05, 0.1) is 5.76 Å². The predicted molar refractivity (Wildman–Crippen MR) is 198 cm³/mol. The van der Waals surface area contributed by atoms with Crippen LogP contribution in [0.5, 0.6) is 0 Å². The van der Waals surface area contributed by atoms with Crippen molar-refractivity contribution in [2.24, 2.45) is 29.6 Å². The molecule has 0 unspecified atom stereocenters. The largest absolute Gasteiger partial charge is 0.512 e. The van der Waals surface area contributed by atoms with Gasteiger partial charge in [0.15, 0.2) is 5.78 Å². The average Bonchev–Trinajstić information content (AvgIpc) is 3.02. The van der Waals surface area contributed by atoms with E-state index in [-0.39, 0.29) is 48.9 Å². The normalized spacial score (nSPS) is 12.3. The molecule has 1 N–H and O–H groups in total. The van der Waals surface area contributed by atoms with Gasteiger partial charge >= 0.3 is 0 Å². The van der Waals surface area contributed by atoms with Crippen molar-refractivity contribution in [3.8, 4) is 11.3 Å². The molecular formula is C43H58IrNO2-. The van der Waals surface area contributed by atoms with Crippen LogP contribution in [0.15, 0.2) is 72.6 Å². The Balaban J connectivity index is 0.000000410. The van der Waals surface area contributed by atoms with E-state index < -0.39 is 0 Å². The first-order valence-electron chi connectivity index (χ1n) is 17.6. The molecule has 0 saturated carbocycles. The van der Waals surface area contributed by atoms with E-state index in [1.807, 2.05) is 33.9 Å². The second-order valence-corrected chi connectivity index (χ2v) is 13.9. The van der Waals surface area contributed by atoms with E-state index in [0.717, 1.165) is 42.3 Å². The molecule has 0 amide bonds. The molecule has 4 heteroatoms. The predicted octanol–water partition coefficient (Wildman–Crippen LogP) is 12.2. The first-order chi connectivity index (χ1) is 21.9. The van der Waals surface area contributed by atoms with Crippen molar-refractivity contribution in [2.45, 2.75) is 107 Å². The number of fused-ring (bicyclic) bond motifs is 2. The summed E-state index contributed by atoms with van der Waals surface area (Å²) in [6.07, 6.45) is 6.85. The van der Waals surface area contributed by atoms with Crippen molar-refractivity contribution in [3.63, 3.8) is 0 Å². The number of nitrogens with zero attached hydrogens (tertiary/aromatic N) is 1. The number of carbonyl (C=O) groups is 1. The van der Waals surface area contributed by atoms with Gasteiger partial charge in [-0.2, -0.15) is 0 Å². The van der Waals surface area contributed by atoms with Gasteiger partial charge in [-0.3, -0.25) is 9.78 Å². The van der Waals surface area contributed by atoms with E-state index in [2.05, 4.69) is 109 Å². The summed E-state index contributed by atoms with van der Waals surface area (Å²) in [5.41, 5.74) is 4.93. The minimum Gasteiger partial charge on any atom is -0.512 e. The number of carbonyl (C=O) groups excluding carboxylic acids is 1. The third-order valence-corrected chi connectivity index (χ3v) is 10.4. The van der Waals surface area contributed by atoms with Crippen molar-refractivity contribution >= 4 is 27.3 Å². The van der Waals surface area contributed by atoms with E-state index in [1.54, 1.807) is 0 Å². The maximum atomic E-state index is 11.7. The van der Waals surface area contributed by atoms with Gasteiger partial charge in [-0.25, -0.2) is 0 Å². The smallest absolute Gasteiger partial charge is 0.162 e. The number of allylic oxidation sites excluding steroid dienone is 2. The zero-order valence-corrected chi connectivity index (χ0v) is 33.1. The first kappa shape index (κ1) is 40.4. The van der Waals surface area contributed by atoms with E-state index >= 15 is 0 Å². The minimum absolute atomic E-state index is 0. The number of hydrogen-bond acceptors (Lipinski definition) is 3. The van der Waals surface area contributed by atoms with Crippen molar-refractivity contribution in [3.05, 3.63) is 89.8 Å². The summed E-state index contributed by atoms with van der Waals surface area (Å²) < 4.78 is 0. The number of aromatic nitrogens is 1. The van der Waals surface area contributed by atoms with Gasteiger partial charge in [-0.05, 0) is 65.8 Å². The first-order valence-corrected chi connectivity index (χ1v) is 17.6. The fraction of sp³-hybridized carbons (Fsp3) is 0.488. The molecule has 0 aliphatic carbocycles. The molecule has 3 nitrogen and oxygen atoms in total. The molecule has 0 bridgehead atoms. The van der Waals surface area contributed by atoms with Crippen LogP contribution < -0.4 is 0 Å². The topological polar surface area (TPSA) is 50.2 Å². The second-order valence-electron chi connectivity index (χ2n) is 13.9. The van der Waals surface area contributed by atoms with Crippen LogP contribution in [0.4, 0.5) is 0 Å². The van der Waals surface area contributed by atoms with Crippen LogP contribution in [0.2, 0.25) is 0 Å². The molecule has 257 valence electrons. The van der Waals surface area contributed by atoms with Crippen LogP contribution in [0.3, 0.4) is 0 Å². The van der Waals surface area contributed by atoms with E-state index in [1.165, 1.54) is 33.4 Å². The van der Waals surface area contributed by atoms with Crippen molar-refractivity contribution < 1.29 is 30.0 Å². The third-order valence-electron chi connectivity index (χ3n) is 10.4. The van der Waals surface area contributed by atoms with Gasteiger partial charge in [0.1, 0.15) is 0 Å².